The van der Waals surface area contributed by atoms with E-state index in [1.165, 1.54) is 12.1 Å². The van der Waals surface area contributed by atoms with Gasteiger partial charge in [0.15, 0.2) is 5.01 Å². The van der Waals surface area contributed by atoms with Crippen molar-refractivity contribution in [3.8, 4) is 0 Å². The van der Waals surface area contributed by atoms with Crippen molar-refractivity contribution in [2.45, 2.75) is 25.0 Å². The zero-order valence-electron chi connectivity index (χ0n) is 9.25. The molecule has 1 atom stereocenters. The third-order valence-electron chi connectivity index (χ3n) is 1.96. The highest BCUT2D eigenvalue weighted by atomic mass is 79.9. The molecule has 0 aliphatic rings. The lowest BCUT2D eigenvalue weighted by molar-refractivity contribution is -0.137. The lowest BCUT2D eigenvalue weighted by Crippen LogP contribution is -2.05. The van der Waals surface area contributed by atoms with E-state index < -0.39 is 11.7 Å². The molecular weight excluding hydrogens is 299 g/mol. The van der Waals surface area contributed by atoms with E-state index in [1.54, 1.807) is 13.8 Å². The van der Waals surface area contributed by atoms with Crippen LogP contribution in [-0.2, 0) is 11.0 Å². The Kier molecular flexibility index (Phi) is 4.56. The van der Waals surface area contributed by atoms with Crippen molar-refractivity contribution in [3.05, 3.63) is 35.4 Å². The van der Waals surface area contributed by atoms with Crippen molar-refractivity contribution in [2.75, 3.05) is 0 Å². The summed E-state index contributed by atoms with van der Waals surface area (Å²) < 4.78 is 36.9. The highest BCUT2D eigenvalue weighted by molar-refractivity contribution is 9.09. The lowest BCUT2D eigenvalue weighted by Gasteiger charge is -2.07. The molecule has 2 nitrogen and oxygen atoms in total. The maximum Gasteiger partial charge on any atom is 0.416 e. The minimum absolute atomic E-state index is 0.244. The van der Waals surface area contributed by atoms with Gasteiger partial charge in [-0.15, -0.1) is 0 Å². The molecule has 0 aliphatic carbocycles. The Morgan fingerprint density at radius 2 is 1.82 bits per heavy atom. The fraction of sp³-hybridized carbons (Fsp3) is 0.364. The molecule has 17 heavy (non-hydrogen) atoms. The Labute approximate surface area is 106 Å². The Morgan fingerprint density at radius 3 is 2.24 bits per heavy atom. The van der Waals surface area contributed by atoms with Crippen molar-refractivity contribution in [3.63, 3.8) is 0 Å². The molecule has 0 saturated carbocycles. The monoisotopic (exact) mass is 309 g/mol. The highest BCUT2D eigenvalue weighted by Crippen LogP contribution is 2.29. The molecule has 0 heterocycles. The van der Waals surface area contributed by atoms with Gasteiger partial charge in [0.1, 0.15) is 0 Å². The first-order chi connectivity index (χ1) is 7.80. The summed E-state index contributed by atoms with van der Waals surface area (Å²) in [6.07, 6.45) is -4.32. The number of hydrogen-bond acceptors (Lipinski definition) is 2. The maximum atomic E-state index is 12.3. The summed E-state index contributed by atoms with van der Waals surface area (Å²) >= 11 is 3.14. The summed E-state index contributed by atoms with van der Waals surface area (Å²) in [6.45, 7) is 3.40. The smallest absolute Gasteiger partial charge is 0.381 e. The van der Waals surface area contributed by atoms with Crippen LogP contribution in [0, 0.1) is 0 Å². The number of hydrogen-bond donors (Lipinski definition) is 0. The molecule has 1 aromatic rings. The second kappa shape index (κ2) is 5.53. The third kappa shape index (κ3) is 4.38. The van der Waals surface area contributed by atoms with E-state index in [0.717, 1.165) is 12.1 Å². The number of oxime groups is 1. The van der Waals surface area contributed by atoms with Gasteiger partial charge >= 0.3 is 6.18 Å². The van der Waals surface area contributed by atoms with Gasteiger partial charge in [-0.25, -0.2) is 0 Å². The summed E-state index contributed by atoms with van der Waals surface area (Å²) in [7, 11) is 0. The van der Waals surface area contributed by atoms with Gasteiger partial charge in [0.25, 0.3) is 0 Å². The molecule has 0 fully saturated rings. The fourth-order valence-electron chi connectivity index (χ4n) is 1.10. The molecule has 0 saturated heterocycles. The normalized spacial score (nSPS) is 14.6. The van der Waals surface area contributed by atoms with Crippen LogP contribution in [0.4, 0.5) is 13.2 Å². The molecule has 0 aromatic heterocycles. The van der Waals surface area contributed by atoms with Gasteiger partial charge < -0.3 is 4.84 Å². The van der Waals surface area contributed by atoms with E-state index in [1.807, 2.05) is 0 Å². The van der Waals surface area contributed by atoms with Crippen LogP contribution in [0.3, 0.4) is 0 Å². The Bertz CT molecular complexity index is 398. The first kappa shape index (κ1) is 14.0. The Morgan fingerprint density at radius 1 is 1.29 bits per heavy atom. The number of rotatable bonds is 3. The van der Waals surface area contributed by atoms with Gasteiger partial charge in [0.05, 0.1) is 11.3 Å². The van der Waals surface area contributed by atoms with E-state index in [0.29, 0.717) is 11.3 Å². The first-order valence-electron chi connectivity index (χ1n) is 4.83. The SMILES string of the molecule is C/C(=N\OC(C)Br)c1ccc(C(F)(F)F)cc1. The number of nitrogens with zero attached hydrogens (tertiary/aromatic N) is 1. The topological polar surface area (TPSA) is 21.6 Å². The van der Waals surface area contributed by atoms with E-state index in [-0.39, 0.29) is 5.01 Å². The van der Waals surface area contributed by atoms with Crippen LogP contribution in [0.15, 0.2) is 29.4 Å². The van der Waals surface area contributed by atoms with Gasteiger partial charge in [0.2, 0.25) is 0 Å². The summed E-state index contributed by atoms with van der Waals surface area (Å²) in [4.78, 5) is 4.94. The zero-order chi connectivity index (χ0) is 13.1. The molecule has 1 rings (SSSR count). The second-order valence-corrected chi connectivity index (χ2v) is 4.69. The predicted octanol–water partition coefficient (Wildman–Crippen LogP) is 4.19. The van der Waals surface area contributed by atoms with Crippen molar-refractivity contribution in [2.24, 2.45) is 5.16 Å². The number of halogens is 4. The third-order valence-corrected chi connectivity index (χ3v) is 2.13. The largest absolute Gasteiger partial charge is 0.416 e. The molecule has 0 radical (unpaired) electrons. The van der Waals surface area contributed by atoms with Crippen molar-refractivity contribution < 1.29 is 18.0 Å². The quantitative estimate of drug-likeness (QED) is 0.466. The van der Waals surface area contributed by atoms with Crippen LogP contribution < -0.4 is 0 Å². The summed E-state index contributed by atoms with van der Waals surface area (Å²) in [5.41, 5.74) is 0.431. The van der Waals surface area contributed by atoms with Crippen LogP contribution in [0.2, 0.25) is 0 Å². The standard InChI is InChI=1S/C11H11BrF3NO/c1-7(16-17-8(2)12)9-3-5-10(6-4-9)11(13,14)15/h3-6,8H,1-2H3/b16-7+. The molecular formula is C11H11BrF3NO. The molecule has 1 aromatic carbocycles. The number of alkyl halides is 4. The molecule has 94 valence electrons. The van der Waals surface area contributed by atoms with Crippen LogP contribution in [0.1, 0.15) is 25.0 Å². The summed E-state index contributed by atoms with van der Waals surface area (Å²) in [6, 6.07) is 4.77. The van der Waals surface area contributed by atoms with E-state index in [9.17, 15) is 13.2 Å². The molecule has 0 N–H and O–H groups in total. The Hall–Kier alpha value is -1.04. The zero-order valence-corrected chi connectivity index (χ0v) is 10.8. The van der Waals surface area contributed by atoms with E-state index >= 15 is 0 Å². The second-order valence-electron chi connectivity index (χ2n) is 3.40. The van der Waals surface area contributed by atoms with Gasteiger partial charge in [0, 0.05) is 0 Å². The van der Waals surface area contributed by atoms with Crippen LogP contribution in [0.5, 0.6) is 0 Å². The van der Waals surface area contributed by atoms with Gasteiger partial charge in [-0.3, -0.25) is 0 Å². The summed E-state index contributed by atoms with van der Waals surface area (Å²) in [5, 5.41) is 3.53. The van der Waals surface area contributed by atoms with Crippen LogP contribution in [0.25, 0.3) is 0 Å². The molecule has 0 amide bonds. The fourth-order valence-corrected chi connectivity index (χ4v) is 1.19. The minimum atomic E-state index is -4.32. The predicted molar refractivity (Wildman–Crippen MR) is 63.1 cm³/mol. The molecule has 6 heteroatoms. The number of benzene rings is 1. The Balaban J connectivity index is 2.84. The van der Waals surface area contributed by atoms with Gasteiger partial charge in [-0.1, -0.05) is 17.3 Å². The maximum absolute atomic E-state index is 12.3. The van der Waals surface area contributed by atoms with Crippen LogP contribution >= 0.6 is 15.9 Å². The average molecular weight is 310 g/mol. The molecule has 0 aliphatic heterocycles. The van der Waals surface area contributed by atoms with E-state index in [4.69, 9.17) is 4.84 Å². The highest BCUT2D eigenvalue weighted by Gasteiger charge is 2.29. The first-order valence-corrected chi connectivity index (χ1v) is 5.74. The van der Waals surface area contributed by atoms with Crippen LogP contribution in [-0.4, -0.2) is 10.7 Å². The molecule has 1 unspecified atom stereocenters. The lowest BCUT2D eigenvalue weighted by atomic mass is 10.1. The summed E-state index contributed by atoms with van der Waals surface area (Å²) in [5.74, 6) is 0. The average Bonchev–Trinajstić information content (AvgIpc) is 2.25. The van der Waals surface area contributed by atoms with Crippen molar-refractivity contribution in [1.82, 2.24) is 0 Å². The van der Waals surface area contributed by atoms with Gasteiger partial charge in [-0.2, -0.15) is 13.2 Å². The minimum Gasteiger partial charge on any atom is -0.381 e. The van der Waals surface area contributed by atoms with Crippen molar-refractivity contribution in [1.29, 1.82) is 0 Å². The van der Waals surface area contributed by atoms with E-state index in [2.05, 4.69) is 21.1 Å². The van der Waals surface area contributed by atoms with Crippen molar-refractivity contribution >= 4 is 21.6 Å². The molecule has 0 spiro atoms. The van der Waals surface area contributed by atoms with Gasteiger partial charge in [-0.05, 0) is 47.5 Å². The molecule has 0 bridgehead atoms.